The molecule has 2 N–H and O–H groups in total. The topological polar surface area (TPSA) is 77.0 Å². The van der Waals surface area contributed by atoms with Crippen LogP contribution in [-0.2, 0) is 9.59 Å². The van der Waals surface area contributed by atoms with E-state index in [2.05, 4.69) is 46.2 Å². The molecule has 1 saturated heterocycles. The third-order valence-electron chi connectivity index (χ3n) is 5.17. The Morgan fingerprint density at radius 1 is 1.22 bits per heavy atom. The molecule has 1 atom stereocenters. The van der Waals surface area contributed by atoms with Gasteiger partial charge in [-0.3, -0.25) is 14.9 Å². The van der Waals surface area contributed by atoms with Crippen molar-refractivity contribution in [2.24, 2.45) is 4.99 Å². The van der Waals surface area contributed by atoms with Crippen LogP contribution < -0.4 is 10.6 Å². The molecule has 0 bridgehead atoms. The van der Waals surface area contributed by atoms with Crippen LogP contribution in [0.1, 0.15) is 38.7 Å². The van der Waals surface area contributed by atoms with Crippen LogP contribution in [0.4, 0.5) is 5.69 Å². The van der Waals surface area contributed by atoms with Crippen molar-refractivity contribution < 1.29 is 9.59 Å². The largest absolute Gasteiger partial charge is 0.340 e. The van der Waals surface area contributed by atoms with E-state index in [0.717, 1.165) is 38.4 Å². The van der Waals surface area contributed by atoms with E-state index in [1.54, 1.807) is 0 Å². The van der Waals surface area contributed by atoms with Crippen molar-refractivity contribution in [2.75, 3.05) is 38.0 Å². The molecule has 2 amide bonds. The van der Waals surface area contributed by atoms with Crippen molar-refractivity contribution in [3.8, 4) is 0 Å². The molecule has 0 saturated carbocycles. The molecule has 1 fully saturated rings. The summed E-state index contributed by atoms with van der Waals surface area (Å²) in [5.41, 5.74) is 1.94. The number of hydrogen-bond donors (Lipinski definition) is 2. The summed E-state index contributed by atoms with van der Waals surface area (Å²) >= 11 is 0. The van der Waals surface area contributed by atoms with E-state index in [1.165, 1.54) is 5.56 Å². The summed E-state index contributed by atoms with van der Waals surface area (Å²) in [7, 11) is 0. The molecule has 0 radical (unpaired) electrons. The molecule has 0 aromatic heterocycles. The zero-order chi connectivity index (χ0) is 19.4. The lowest BCUT2D eigenvalue weighted by Gasteiger charge is -2.37. The Kier molecular flexibility index (Phi) is 6.11. The molecule has 0 aliphatic carbocycles. The number of guanidine groups is 1. The second-order valence-electron chi connectivity index (χ2n) is 7.41. The first-order valence-corrected chi connectivity index (χ1v) is 9.72. The van der Waals surface area contributed by atoms with E-state index >= 15 is 0 Å². The molecule has 1 aromatic carbocycles. The molecule has 146 valence electrons. The van der Waals surface area contributed by atoms with Crippen LogP contribution in [-0.4, -0.2) is 66.3 Å². The number of rotatable bonds is 4. The van der Waals surface area contributed by atoms with Gasteiger partial charge in [0.25, 0.3) is 0 Å². The van der Waals surface area contributed by atoms with Crippen molar-refractivity contribution in [1.29, 1.82) is 0 Å². The summed E-state index contributed by atoms with van der Waals surface area (Å²) in [6.07, 6.45) is 0.0777. The third-order valence-corrected chi connectivity index (χ3v) is 5.17. The number of hydrogen-bond acceptors (Lipinski definition) is 5. The van der Waals surface area contributed by atoms with Crippen LogP contribution in [0.5, 0.6) is 0 Å². The van der Waals surface area contributed by atoms with Crippen LogP contribution >= 0.6 is 0 Å². The summed E-state index contributed by atoms with van der Waals surface area (Å²) in [5, 5.41) is 5.71. The fraction of sp³-hybridized carbons (Fsp3) is 0.550. The number of nitrogens with zero attached hydrogens (tertiary/aromatic N) is 3. The normalized spacial score (nSPS) is 21.0. The highest BCUT2D eigenvalue weighted by Crippen LogP contribution is 2.18. The molecule has 2 heterocycles. The Hall–Kier alpha value is -2.41. The van der Waals surface area contributed by atoms with Crippen LogP contribution in [0.2, 0.25) is 0 Å². The molecule has 1 aromatic rings. The second-order valence-corrected chi connectivity index (χ2v) is 7.41. The van der Waals surface area contributed by atoms with Gasteiger partial charge in [-0.2, -0.15) is 0 Å². The maximum absolute atomic E-state index is 12.6. The van der Waals surface area contributed by atoms with Crippen LogP contribution in [0.15, 0.2) is 29.3 Å². The van der Waals surface area contributed by atoms with Gasteiger partial charge in [-0.1, -0.05) is 32.9 Å². The van der Waals surface area contributed by atoms with E-state index in [0.29, 0.717) is 11.9 Å². The Bertz CT molecular complexity index is 706. The van der Waals surface area contributed by atoms with Gasteiger partial charge < -0.3 is 15.1 Å². The Morgan fingerprint density at radius 3 is 2.48 bits per heavy atom. The molecular weight excluding hydrogens is 342 g/mol. The van der Waals surface area contributed by atoms with Crippen molar-refractivity contribution in [3.63, 3.8) is 0 Å². The lowest BCUT2D eigenvalue weighted by molar-refractivity contribution is -0.125. The number of piperazine rings is 1. The number of likely N-dealkylation sites (N-methyl/N-ethyl adjacent to an activating group) is 1. The summed E-state index contributed by atoms with van der Waals surface area (Å²) < 4.78 is 0. The van der Waals surface area contributed by atoms with Gasteiger partial charge >= 0.3 is 0 Å². The molecule has 3 rings (SSSR count). The number of amides is 2. The average Bonchev–Trinajstić information content (AvgIpc) is 2.68. The maximum atomic E-state index is 12.6. The first-order valence-electron chi connectivity index (χ1n) is 9.72. The molecule has 2 aliphatic heterocycles. The monoisotopic (exact) mass is 371 g/mol. The minimum Gasteiger partial charge on any atom is -0.340 e. The highest BCUT2D eigenvalue weighted by atomic mass is 16.2. The predicted octanol–water partition coefficient (Wildman–Crippen LogP) is 1.63. The van der Waals surface area contributed by atoms with Crippen molar-refractivity contribution >= 4 is 23.5 Å². The van der Waals surface area contributed by atoms with Crippen LogP contribution in [0.3, 0.4) is 0 Å². The SMILES string of the molecule is CCN1CCN(C2=N[C@@H](C(=O)Nc3ccc(C(C)C)cc3)CC(=O)N2)CC1. The van der Waals surface area contributed by atoms with Crippen LogP contribution in [0, 0.1) is 0 Å². The maximum Gasteiger partial charge on any atom is 0.249 e. The van der Waals surface area contributed by atoms with Gasteiger partial charge in [0.05, 0.1) is 6.42 Å². The number of aliphatic imine (C=N–C) groups is 1. The molecule has 27 heavy (non-hydrogen) atoms. The van der Waals surface area contributed by atoms with Crippen molar-refractivity contribution in [3.05, 3.63) is 29.8 Å². The first-order chi connectivity index (χ1) is 13.0. The molecular formula is C20H29N5O2. The molecule has 2 aliphatic rings. The van der Waals surface area contributed by atoms with Crippen LogP contribution in [0.25, 0.3) is 0 Å². The average molecular weight is 371 g/mol. The minimum atomic E-state index is -0.692. The summed E-state index contributed by atoms with van der Waals surface area (Å²) in [6, 6.07) is 7.11. The Morgan fingerprint density at radius 2 is 1.89 bits per heavy atom. The zero-order valence-electron chi connectivity index (χ0n) is 16.4. The van der Waals surface area contributed by atoms with Gasteiger partial charge in [0.1, 0.15) is 6.04 Å². The summed E-state index contributed by atoms with van der Waals surface area (Å²) in [5.74, 6) is 0.564. The van der Waals surface area contributed by atoms with E-state index in [-0.39, 0.29) is 18.2 Å². The summed E-state index contributed by atoms with van der Waals surface area (Å²) in [4.78, 5) is 33.7. The fourth-order valence-corrected chi connectivity index (χ4v) is 3.34. The molecule has 7 nitrogen and oxygen atoms in total. The second kappa shape index (κ2) is 8.52. The van der Waals surface area contributed by atoms with Gasteiger partial charge in [0.15, 0.2) is 0 Å². The minimum absolute atomic E-state index is 0.0777. The standard InChI is InChI=1S/C20H29N5O2/c1-4-24-9-11-25(12-10-24)20-22-17(13-18(26)23-20)19(27)21-16-7-5-15(6-8-16)14(2)3/h5-8,14,17H,4,9-13H2,1-3H3,(H,21,27)(H,22,23,26)/t17-/m1/s1. The van der Waals surface area contributed by atoms with Gasteiger partial charge in [0, 0.05) is 31.9 Å². The van der Waals surface area contributed by atoms with Crippen molar-refractivity contribution in [2.45, 2.75) is 39.2 Å². The van der Waals surface area contributed by atoms with E-state index in [4.69, 9.17) is 0 Å². The van der Waals surface area contributed by atoms with Gasteiger partial charge in [-0.25, -0.2) is 4.99 Å². The lowest BCUT2D eigenvalue weighted by atomic mass is 10.0. The highest BCUT2D eigenvalue weighted by molar-refractivity contribution is 6.05. The number of carbonyl (C=O) groups excluding carboxylic acids is 2. The van der Waals surface area contributed by atoms with E-state index < -0.39 is 6.04 Å². The third kappa shape index (κ3) is 4.86. The number of benzene rings is 1. The predicted molar refractivity (Wildman–Crippen MR) is 107 cm³/mol. The summed E-state index contributed by atoms with van der Waals surface area (Å²) in [6.45, 7) is 10.9. The molecule has 7 heteroatoms. The van der Waals surface area contributed by atoms with E-state index in [9.17, 15) is 9.59 Å². The highest BCUT2D eigenvalue weighted by Gasteiger charge is 2.30. The zero-order valence-corrected chi connectivity index (χ0v) is 16.4. The van der Waals surface area contributed by atoms with Gasteiger partial charge in [-0.05, 0) is 30.2 Å². The Labute approximate surface area is 160 Å². The number of nitrogens with one attached hydrogen (secondary N) is 2. The molecule has 0 spiro atoms. The van der Waals surface area contributed by atoms with Gasteiger partial charge in [-0.15, -0.1) is 0 Å². The van der Waals surface area contributed by atoms with E-state index in [1.807, 2.05) is 24.3 Å². The number of anilines is 1. The lowest BCUT2D eigenvalue weighted by Crippen LogP contribution is -2.56. The van der Waals surface area contributed by atoms with Gasteiger partial charge in [0.2, 0.25) is 17.8 Å². The smallest absolute Gasteiger partial charge is 0.249 e. The fourth-order valence-electron chi connectivity index (χ4n) is 3.34. The molecule has 0 unspecified atom stereocenters. The van der Waals surface area contributed by atoms with Crippen molar-refractivity contribution in [1.82, 2.24) is 15.1 Å². The first kappa shape index (κ1) is 19.4. The Balaban J connectivity index is 1.65. The number of carbonyl (C=O) groups is 2. The quantitative estimate of drug-likeness (QED) is 0.843.